The maximum Gasteiger partial charge on any atom is 0.219 e. The van der Waals surface area contributed by atoms with E-state index < -0.39 is 0 Å². The molecule has 1 aromatic heterocycles. The van der Waals surface area contributed by atoms with Crippen LogP contribution in [0.4, 0.5) is 17.1 Å². The Morgan fingerprint density at radius 3 is 1.76 bits per heavy atom. The highest BCUT2D eigenvalue weighted by atomic mass is 32.1. The number of nitrogens with one attached hydrogen (secondary N) is 1. The van der Waals surface area contributed by atoms with Crippen molar-refractivity contribution >= 4 is 65.2 Å². The van der Waals surface area contributed by atoms with Gasteiger partial charge in [0.1, 0.15) is 5.75 Å². The fourth-order valence-corrected chi connectivity index (χ4v) is 7.96. The van der Waals surface area contributed by atoms with Gasteiger partial charge in [-0.25, -0.2) is 0 Å². The highest BCUT2D eigenvalue weighted by Gasteiger charge is 2.17. The molecule has 0 amide bonds. The molecule has 242 valence electrons. The van der Waals surface area contributed by atoms with Crippen LogP contribution in [0.25, 0.3) is 53.2 Å². The van der Waals surface area contributed by atoms with Crippen LogP contribution in [0.2, 0.25) is 0 Å². The predicted molar refractivity (Wildman–Crippen MR) is 216 cm³/mol. The van der Waals surface area contributed by atoms with Gasteiger partial charge in [-0.05, 0) is 106 Å². The van der Waals surface area contributed by atoms with E-state index in [4.69, 9.17) is 10.1 Å². The lowest BCUT2D eigenvalue weighted by Crippen LogP contribution is -2.09. The molecule has 0 saturated heterocycles. The molecule has 0 saturated carbocycles. The zero-order valence-electron chi connectivity index (χ0n) is 27.7. The minimum absolute atomic E-state index is 0.122. The van der Waals surface area contributed by atoms with Gasteiger partial charge in [0.2, 0.25) is 5.90 Å². The Morgan fingerprint density at radius 1 is 0.451 bits per heavy atom. The van der Waals surface area contributed by atoms with Crippen LogP contribution in [0.15, 0.2) is 188 Å². The van der Waals surface area contributed by atoms with E-state index in [1.807, 2.05) is 59.9 Å². The molecule has 0 radical (unpaired) electrons. The standard InChI is InChI=1S/C47H32N2OS/c48-47(35-13-5-2-6-14-35)50-40-29-36-15-7-8-16-41(36)43(31-40)34-21-25-38(26-22-34)49(37-23-19-33(20-24-37)32-11-3-1-4-12-32)39-27-28-46-44(30-39)42-17-9-10-18-45(42)51-46/h1-31,48H. The summed E-state index contributed by atoms with van der Waals surface area (Å²) in [7, 11) is 0. The summed E-state index contributed by atoms with van der Waals surface area (Å²) < 4.78 is 8.70. The van der Waals surface area contributed by atoms with Gasteiger partial charge >= 0.3 is 0 Å². The second-order valence-electron chi connectivity index (χ2n) is 12.6. The molecule has 9 aromatic rings. The molecule has 3 nitrogen and oxygen atoms in total. The maximum absolute atomic E-state index is 8.61. The maximum atomic E-state index is 8.61. The Bertz CT molecular complexity index is 2660. The van der Waals surface area contributed by atoms with Crippen molar-refractivity contribution in [3.8, 4) is 28.0 Å². The van der Waals surface area contributed by atoms with E-state index in [0.717, 1.165) is 44.5 Å². The van der Waals surface area contributed by atoms with E-state index in [9.17, 15) is 0 Å². The van der Waals surface area contributed by atoms with E-state index in [-0.39, 0.29) is 5.90 Å². The van der Waals surface area contributed by atoms with Gasteiger partial charge in [0.25, 0.3) is 0 Å². The predicted octanol–water partition coefficient (Wildman–Crippen LogP) is 13.4. The highest BCUT2D eigenvalue weighted by molar-refractivity contribution is 7.25. The van der Waals surface area contributed by atoms with Crippen LogP contribution < -0.4 is 9.64 Å². The lowest BCUT2D eigenvalue weighted by molar-refractivity contribution is 0.549. The van der Waals surface area contributed by atoms with Crippen molar-refractivity contribution in [2.24, 2.45) is 0 Å². The fraction of sp³-hybridized carbons (Fsp3) is 0. The minimum atomic E-state index is 0.122. The molecular formula is C47H32N2OS. The Hall–Kier alpha value is -6.49. The molecule has 0 aliphatic heterocycles. The normalized spacial score (nSPS) is 11.2. The van der Waals surface area contributed by atoms with Gasteiger partial charge in [-0.15, -0.1) is 11.3 Å². The van der Waals surface area contributed by atoms with Crippen LogP contribution in [0.3, 0.4) is 0 Å². The van der Waals surface area contributed by atoms with Crippen molar-refractivity contribution < 1.29 is 4.74 Å². The minimum Gasteiger partial charge on any atom is -0.439 e. The second-order valence-corrected chi connectivity index (χ2v) is 13.6. The number of nitrogens with zero attached hydrogens (tertiary/aromatic N) is 1. The third-order valence-electron chi connectivity index (χ3n) is 9.38. The van der Waals surface area contributed by atoms with Crippen molar-refractivity contribution in [1.29, 1.82) is 5.41 Å². The summed E-state index contributed by atoms with van der Waals surface area (Å²) in [5.41, 5.74) is 8.50. The monoisotopic (exact) mass is 672 g/mol. The summed E-state index contributed by atoms with van der Waals surface area (Å²) in [6.07, 6.45) is 0. The molecule has 1 N–H and O–H groups in total. The molecule has 8 aromatic carbocycles. The van der Waals surface area contributed by atoms with Gasteiger partial charge in [-0.1, -0.05) is 115 Å². The molecule has 0 bridgehead atoms. The lowest BCUT2D eigenvalue weighted by Gasteiger charge is -2.26. The lowest BCUT2D eigenvalue weighted by atomic mass is 9.97. The van der Waals surface area contributed by atoms with Gasteiger partial charge in [-0.3, -0.25) is 5.41 Å². The van der Waals surface area contributed by atoms with E-state index in [1.165, 1.54) is 31.3 Å². The molecule has 0 aliphatic rings. The van der Waals surface area contributed by atoms with Gasteiger partial charge in [0.15, 0.2) is 0 Å². The average Bonchev–Trinajstić information content (AvgIpc) is 3.57. The van der Waals surface area contributed by atoms with E-state index in [2.05, 4.69) is 144 Å². The smallest absolute Gasteiger partial charge is 0.219 e. The summed E-state index contributed by atoms with van der Waals surface area (Å²) >= 11 is 1.84. The molecule has 51 heavy (non-hydrogen) atoms. The number of anilines is 3. The summed E-state index contributed by atoms with van der Waals surface area (Å²) in [4.78, 5) is 2.34. The van der Waals surface area contributed by atoms with Crippen molar-refractivity contribution in [2.45, 2.75) is 0 Å². The van der Waals surface area contributed by atoms with E-state index in [0.29, 0.717) is 5.75 Å². The number of hydrogen-bond acceptors (Lipinski definition) is 4. The third kappa shape index (κ3) is 5.92. The van der Waals surface area contributed by atoms with E-state index in [1.54, 1.807) is 0 Å². The Kier molecular flexibility index (Phi) is 7.84. The number of ether oxygens (including phenoxy) is 1. The van der Waals surface area contributed by atoms with Crippen LogP contribution in [0.1, 0.15) is 5.56 Å². The molecule has 4 heteroatoms. The van der Waals surface area contributed by atoms with Crippen LogP contribution in [-0.2, 0) is 0 Å². The second kappa shape index (κ2) is 13.1. The van der Waals surface area contributed by atoms with Crippen molar-refractivity contribution in [1.82, 2.24) is 0 Å². The van der Waals surface area contributed by atoms with Crippen molar-refractivity contribution in [3.05, 3.63) is 194 Å². The molecule has 0 fully saturated rings. The number of hydrogen-bond donors (Lipinski definition) is 1. The summed E-state index contributed by atoms with van der Waals surface area (Å²) in [6.45, 7) is 0. The Balaban J connectivity index is 1.13. The van der Waals surface area contributed by atoms with E-state index >= 15 is 0 Å². The van der Waals surface area contributed by atoms with Crippen LogP contribution in [0, 0.1) is 5.41 Å². The molecule has 1 heterocycles. The number of rotatable bonds is 7. The first-order valence-corrected chi connectivity index (χ1v) is 17.8. The average molecular weight is 673 g/mol. The third-order valence-corrected chi connectivity index (χ3v) is 10.5. The zero-order chi connectivity index (χ0) is 34.1. The number of thiophene rings is 1. The summed E-state index contributed by atoms with van der Waals surface area (Å²) in [5.74, 6) is 0.759. The quantitative estimate of drug-likeness (QED) is 0.135. The highest BCUT2D eigenvalue weighted by Crippen LogP contribution is 2.42. The summed E-state index contributed by atoms with van der Waals surface area (Å²) in [5, 5.41) is 13.3. The number of fused-ring (bicyclic) bond motifs is 4. The first kappa shape index (κ1) is 30.6. The van der Waals surface area contributed by atoms with Crippen LogP contribution in [0.5, 0.6) is 5.75 Å². The van der Waals surface area contributed by atoms with Gasteiger partial charge < -0.3 is 9.64 Å². The molecule has 9 rings (SSSR count). The van der Waals surface area contributed by atoms with Crippen molar-refractivity contribution in [2.75, 3.05) is 4.90 Å². The first-order chi connectivity index (χ1) is 25.2. The first-order valence-electron chi connectivity index (χ1n) is 17.0. The van der Waals surface area contributed by atoms with Gasteiger partial charge in [0, 0.05) is 42.8 Å². The number of benzene rings is 8. The SMILES string of the molecule is N=C(Oc1cc(-c2ccc(N(c3ccc(-c4ccccc4)cc3)c3ccc4sc5ccccc5c4c3)cc2)c2ccccc2c1)c1ccccc1. The zero-order valence-corrected chi connectivity index (χ0v) is 28.5. The Morgan fingerprint density at radius 2 is 1.02 bits per heavy atom. The summed E-state index contributed by atoms with van der Waals surface area (Å²) in [6, 6.07) is 65.5. The molecular weight excluding hydrogens is 641 g/mol. The van der Waals surface area contributed by atoms with Gasteiger partial charge in [-0.2, -0.15) is 0 Å². The van der Waals surface area contributed by atoms with Gasteiger partial charge in [0.05, 0.1) is 0 Å². The molecule has 0 atom stereocenters. The fourth-order valence-electron chi connectivity index (χ4n) is 6.87. The van der Waals surface area contributed by atoms with Crippen molar-refractivity contribution in [3.63, 3.8) is 0 Å². The molecule has 0 aliphatic carbocycles. The van der Waals surface area contributed by atoms with Crippen LogP contribution in [-0.4, -0.2) is 5.90 Å². The largest absolute Gasteiger partial charge is 0.439 e. The molecule has 0 unspecified atom stereocenters. The van der Waals surface area contributed by atoms with Crippen LogP contribution >= 0.6 is 11.3 Å². The molecule has 0 spiro atoms. The topological polar surface area (TPSA) is 36.3 Å². The Labute approximate surface area is 300 Å².